The van der Waals surface area contributed by atoms with E-state index in [0.717, 1.165) is 31.5 Å². The van der Waals surface area contributed by atoms with Crippen molar-refractivity contribution in [3.8, 4) is 0 Å². The number of imide groups is 1. The van der Waals surface area contributed by atoms with Gasteiger partial charge in [-0.3, -0.25) is 9.69 Å². The number of nitrogens with zero attached hydrogens (tertiary/aromatic N) is 1. The quantitative estimate of drug-likeness (QED) is 0.839. The second-order valence-electron chi connectivity index (χ2n) is 6.85. The van der Waals surface area contributed by atoms with Crippen LogP contribution in [-0.4, -0.2) is 36.5 Å². The first kappa shape index (κ1) is 16.0. The van der Waals surface area contributed by atoms with Gasteiger partial charge in [0.2, 0.25) is 0 Å². The van der Waals surface area contributed by atoms with Crippen LogP contribution in [-0.2, 0) is 4.79 Å². The number of amides is 3. The number of rotatable bonds is 4. The molecule has 2 aliphatic rings. The van der Waals surface area contributed by atoms with E-state index < -0.39 is 6.04 Å². The summed E-state index contributed by atoms with van der Waals surface area (Å²) in [4.78, 5) is 26.2. The highest BCUT2D eigenvalue weighted by Crippen LogP contribution is 2.26. The van der Waals surface area contributed by atoms with Gasteiger partial charge in [-0.2, -0.15) is 0 Å². The van der Waals surface area contributed by atoms with Gasteiger partial charge >= 0.3 is 6.03 Å². The topological polar surface area (TPSA) is 61.4 Å². The number of benzene rings is 1. The molecule has 1 aromatic carbocycles. The van der Waals surface area contributed by atoms with Crippen molar-refractivity contribution in [2.24, 2.45) is 5.92 Å². The standard InChI is InChI=1S/C18H25N3O2/c1-12(2)14-3-5-15(6-4-14)16-17(22)21(18(23)20-16)11-13-7-9-19-10-8-13/h3-6,12-13,16,19H,7-11H2,1-2H3,(H,20,23). The van der Waals surface area contributed by atoms with Crippen LogP contribution in [0.3, 0.4) is 0 Å². The molecular formula is C18H25N3O2. The van der Waals surface area contributed by atoms with Crippen LogP contribution >= 0.6 is 0 Å². The number of hydrogen-bond acceptors (Lipinski definition) is 3. The Bertz CT molecular complexity index is 576. The van der Waals surface area contributed by atoms with Gasteiger partial charge in [-0.25, -0.2) is 4.79 Å². The largest absolute Gasteiger partial charge is 0.325 e. The zero-order chi connectivity index (χ0) is 16.4. The maximum absolute atomic E-state index is 12.6. The summed E-state index contributed by atoms with van der Waals surface area (Å²) in [7, 11) is 0. The van der Waals surface area contributed by atoms with Gasteiger partial charge in [0.1, 0.15) is 6.04 Å². The molecular weight excluding hydrogens is 290 g/mol. The third-order valence-corrected chi connectivity index (χ3v) is 4.86. The minimum atomic E-state index is -0.537. The average Bonchev–Trinajstić information content (AvgIpc) is 2.84. The summed E-state index contributed by atoms with van der Waals surface area (Å²) in [5.74, 6) is 0.744. The summed E-state index contributed by atoms with van der Waals surface area (Å²) in [6.45, 7) is 6.74. The van der Waals surface area contributed by atoms with Gasteiger partial charge in [0.25, 0.3) is 5.91 Å². The Balaban J connectivity index is 1.70. The number of piperidine rings is 1. The van der Waals surface area contributed by atoms with Gasteiger partial charge < -0.3 is 10.6 Å². The second-order valence-corrected chi connectivity index (χ2v) is 6.85. The molecule has 5 heteroatoms. The highest BCUT2D eigenvalue weighted by atomic mass is 16.2. The van der Waals surface area contributed by atoms with E-state index in [4.69, 9.17) is 0 Å². The fraction of sp³-hybridized carbons (Fsp3) is 0.556. The summed E-state index contributed by atoms with van der Waals surface area (Å²) in [5, 5.41) is 6.14. The zero-order valence-corrected chi connectivity index (χ0v) is 13.8. The minimum Gasteiger partial charge on any atom is -0.322 e. The maximum atomic E-state index is 12.6. The number of urea groups is 1. The monoisotopic (exact) mass is 315 g/mol. The molecule has 0 spiro atoms. The van der Waals surface area contributed by atoms with E-state index >= 15 is 0 Å². The number of nitrogens with one attached hydrogen (secondary N) is 2. The highest BCUT2D eigenvalue weighted by Gasteiger charge is 2.39. The van der Waals surface area contributed by atoms with Crippen LogP contribution in [0.25, 0.3) is 0 Å². The summed E-state index contributed by atoms with van der Waals surface area (Å²) in [6.07, 6.45) is 2.04. The molecule has 23 heavy (non-hydrogen) atoms. The van der Waals surface area contributed by atoms with E-state index in [9.17, 15) is 9.59 Å². The molecule has 2 saturated heterocycles. The van der Waals surface area contributed by atoms with Crippen molar-refractivity contribution in [1.29, 1.82) is 0 Å². The van der Waals surface area contributed by atoms with Gasteiger partial charge in [0, 0.05) is 6.54 Å². The molecule has 124 valence electrons. The molecule has 2 fully saturated rings. The van der Waals surface area contributed by atoms with E-state index in [0.29, 0.717) is 18.4 Å². The Morgan fingerprint density at radius 3 is 2.39 bits per heavy atom. The molecule has 5 nitrogen and oxygen atoms in total. The molecule has 0 radical (unpaired) electrons. The molecule has 1 unspecified atom stereocenters. The predicted octanol–water partition coefficient (Wildman–Crippen LogP) is 2.40. The van der Waals surface area contributed by atoms with Crippen LogP contribution in [0.4, 0.5) is 4.79 Å². The zero-order valence-electron chi connectivity index (χ0n) is 13.8. The van der Waals surface area contributed by atoms with Crippen molar-refractivity contribution >= 4 is 11.9 Å². The second kappa shape index (κ2) is 6.71. The maximum Gasteiger partial charge on any atom is 0.325 e. The van der Waals surface area contributed by atoms with Crippen LogP contribution < -0.4 is 10.6 Å². The lowest BCUT2D eigenvalue weighted by Gasteiger charge is -2.25. The highest BCUT2D eigenvalue weighted by molar-refractivity contribution is 6.04. The van der Waals surface area contributed by atoms with Crippen molar-refractivity contribution in [1.82, 2.24) is 15.5 Å². The first-order valence-electron chi connectivity index (χ1n) is 8.48. The molecule has 2 N–H and O–H groups in total. The van der Waals surface area contributed by atoms with Crippen molar-refractivity contribution in [2.45, 2.75) is 38.6 Å². The van der Waals surface area contributed by atoms with Gasteiger partial charge in [-0.05, 0) is 48.9 Å². The van der Waals surface area contributed by atoms with Gasteiger partial charge in [0.05, 0.1) is 0 Å². The van der Waals surface area contributed by atoms with Crippen LogP contribution in [0, 0.1) is 5.92 Å². The molecule has 2 aliphatic heterocycles. The number of carbonyl (C=O) groups is 2. The first-order valence-corrected chi connectivity index (χ1v) is 8.48. The molecule has 3 amide bonds. The Labute approximate surface area is 137 Å². The Hall–Kier alpha value is -1.88. The van der Waals surface area contributed by atoms with Gasteiger partial charge in [-0.15, -0.1) is 0 Å². The fourth-order valence-electron chi connectivity index (χ4n) is 3.31. The lowest BCUT2D eigenvalue weighted by atomic mass is 9.97. The lowest BCUT2D eigenvalue weighted by molar-refractivity contribution is -0.128. The van der Waals surface area contributed by atoms with E-state index in [1.165, 1.54) is 10.5 Å². The van der Waals surface area contributed by atoms with Crippen LogP contribution in [0.1, 0.15) is 49.8 Å². The van der Waals surface area contributed by atoms with Crippen LogP contribution in [0.2, 0.25) is 0 Å². The predicted molar refractivity (Wildman–Crippen MR) is 89.1 cm³/mol. The van der Waals surface area contributed by atoms with Gasteiger partial charge in [0.15, 0.2) is 0 Å². The molecule has 0 saturated carbocycles. The molecule has 0 aliphatic carbocycles. The summed E-state index contributed by atoms with van der Waals surface area (Å²) in [6, 6.07) is 7.18. The summed E-state index contributed by atoms with van der Waals surface area (Å²) < 4.78 is 0. The molecule has 1 aromatic rings. The SMILES string of the molecule is CC(C)c1ccc(C2NC(=O)N(CC3CCNCC3)C2=O)cc1. The van der Waals surface area contributed by atoms with Gasteiger partial charge in [-0.1, -0.05) is 38.1 Å². The van der Waals surface area contributed by atoms with Crippen molar-refractivity contribution in [3.63, 3.8) is 0 Å². The average molecular weight is 315 g/mol. The van der Waals surface area contributed by atoms with Crippen molar-refractivity contribution in [2.75, 3.05) is 19.6 Å². The van der Waals surface area contributed by atoms with E-state index in [1.807, 2.05) is 24.3 Å². The minimum absolute atomic E-state index is 0.120. The third kappa shape index (κ3) is 3.39. The smallest absolute Gasteiger partial charge is 0.322 e. The fourth-order valence-corrected chi connectivity index (χ4v) is 3.31. The van der Waals surface area contributed by atoms with E-state index in [1.54, 1.807) is 0 Å². The first-order chi connectivity index (χ1) is 11.1. The van der Waals surface area contributed by atoms with Crippen LogP contribution in [0.15, 0.2) is 24.3 Å². The van der Waals surface area contributed by atoms with Crippen molar-refractivity contribution < 1.29 is 9.59 Å². The van der Waals surface area contributed by atoms with E-state index in [2.05, 4.69) is 24.5 Å². The third-order valence-electron chi connectivity index (χ3n) is 4.86. The molecule has 0 bridgehead atoms. The molecule has 1 atom stereocenters. The Kier molecular flexibility index (Phi) is 4.66. The number of hydrogen-bond donors (Lipinski definition) is 2. The Morgan fingerprint density at radius 2 is 1.78 bits per heavy atom. The molecule has 2 heterocycles. The number of carbonyl (C=O) groups excluding carboxylic acids is 2. The van der Waals surface area contributed by atoms with Crippen LogP contribution in [0.5, 0.6) is 0 Å². The summed E-state index contributed by atoms with van der Waals surface area (Å²) >= 11 is 0. The summed E-state index contributed by atoms with van der Waals surface area (Å²) in [5.41, 5.74) is 2.10. The van der Waals surface area contributed by atoms with E-state index in [-0.39, 0.29) is 11.9 Å². The lowest BCUT2D eigenvalue weighted by Crippen LogP contribution is -2.39. The molecule has 3 rings (SSSR count). The molecule has 0 aromatic heterocycles. The van der Waals surface area contributed by atoms with Crippen molar-refractivity contribution in [3.05, 3.63) is 35.4 Å². The Morgan fingerprint density at radius 1 is 1.13 bits per heavy atom. The normalized spacial score (nSPS) is 22.7.